The van der Waals surface area contributed by atoms with E-state index in [1.807, 2.05) is 0 Å². The van der Waals surface area contributed by atoms with Crippen molar-refractivity contribution in [3.05, 3.63) is 0 Å². The van der Waals surface area contributed by atoms with Crippen LogP contribution in [-0.2, 0) is 4.79 Å². The SMILES string of the molecule is CCCN(CCC(=O)NC1CCCCC1)C1CNC1. The molecule has 2 fully saturated rings. The molecular weight excluding hydrogens is 238 g/mol. The molecule has 0 aromatic rings. The average molecular weight is 267 g/mol. The van der Waals surface area contributed by atoms with E-state index in [1.54, 1.807) is 0 Å². The van der Waals surface area contributed by atoms with Gasteiger partial charge in [0.15, 0.2) is 0 Å². The third-order valence-electron chi connectivity index (χ3n) is 4.38. The molecule has 1 saturated carbocycles. The lowest BCUT2D eigenvalue weighted by Gasteiger charge is -2.38. The van der Waals surface area contributed by atoms with Crippen LogP contribution in [0.3, 0.4) is 0 Å². The Morgan fingerprint density at radius 2 is 1.95 bits per heavy atom. The van der Waals surface area contributed by atoms with E-state index < -0.39 is 0 Å². The molecule has 0 bridgehead atoms. The van der Waals surface area contributed by atoms with E-state index in [0.29, 0.717) is 18.5 Å². The number of amides is 1. The van der Waals surface area contributed by atoms with Gasteiger partial charge in [-0.05, 0) is 25.8 Å². The molecule has 1 amide bonds. The molecule has 1 heterocycles. The number of hydrogen-bond acceptors (Lipinski definition) is 3. The van der Waals surface area contributed by atoms with Crippen molar-refractivity contribution < 1.29 is 4.79 Å². The van der Waals surface area contributed by atoms with Crippen LogP contribution in [0.1, 0.15) is 51.9 Å². The molecule has 0 radical (unpaired) electrons. The second-order valence-electron chi connectivity index (χ2n) is 6.00. The monoisotopic (exact) mass is 267 g/mol. The molecular formula is C15H29N3O. The summed E-state index contributed by atoms with van der Waals surface area (Å²) in [5.74, 6) is 0.250. The van der Waals surface area contributed by atoms with Crippen LogP contribution in [0.25, 0.3) is 0 Å². The fourth-order valence-electron chi connectivity index (χ4n) is 3.09. The van der Waals surface area contributed by atoms with Crippen molar-refractivity contribution in [3.8, 4) is 0 Å². The van der Waals surface area contributed by atoms with E-state index in [0.717, 1.165) is 26.2 Å². The Kier molecular flexibility index (Phi) is 6.11. The van der Waals surface area contributed by atoms with Crippen LogP contribution in [0, 0.1) is 0 Å². The molecule has 2 rings (SSSR count). The Labute approximate surface area is 117 Å². The second-order valence-corrected chi connectivity index (χ2v) is 6.00. The number of rotatable bonds is 7. The third-order valence-corrected chi connectivity index (χ3v) is 4.38. The zero-order valence-corrected chi connectivity index (χ0v) is 12.3. The first kappa shape index (κ1) is 14.8. The summed E-state index contributed by atoms with van der Waals surface area (Å²) in [6.45, 7) is 6.41. The van der Waals surface area contributed by atoms with Gasteiger partial charge >= 0.3 is 0 Å². The topological polar surface area (TPSA) is 44.4 Å². The molecule has 4 nitrogen and oxygen atoms in total. The molecule has 0 atom stereocenters. The highest BCUT2D eigenvalue weighted by Crippen LogP contribution is 2.17. The van der Waals surface area contributed by atoms with Crippen LogP contribution < -0.4 is 10.6 Å². The molecule has 2 N–H and O–H groups in total. The van der Waals surface area contributed by atoms with Crippen LogP contribution in [-0.4, -0.2) is 49.1 Å². The van der Waals surface area contributed by atoms with Gasteiger partial charge in [0.25, 0.3) is 0 Å². The van der Waals surface area contributed by atoms with E-state index in [9.17, 15) is 4.79 Å². The van der Waals surface area contributed by atoms with Gasteiger partial charge in [0, 0.05) is 38.1 Å². The summed E-state index contributed by atoms with van der Waals surface area (Å²) in [6, 6.07) is 1.11. The van der Waals surface area contributed by atoms with Crippen molar-refractivity contribution in [2.75, 3.05) is 26.2 Å². The quantitative estimate of drug-likeness (QED) is 0.735. The Hall–Kier alpha value is -0.610. The number of hydrogen-bond donors (Lipinski definition) is 2. The second kappa shape index (κ2) is 7.85. The Morgan fingerprint density at radius 1 is 1.21 bits per heavy atom. The van der Waals surface area contributed by atoms with Gasteiger partial charge in [-0.15, -0.1) is 0 Å². The Morgan fingerprint density at radius 3 is 2.53 bits per heavy atom. The highest BCUT2D eigenvalue weighted by atomic mass is 16.1. The molecule has 19 heavy (non-hydrogen) atoms. The summed E-state index contributed by atoms with van der Waals surface area (Å²) < 4.78 is 0. The molecule has 110 valence electrons. The van der Waals surface area contributed by atoms with Gasteiger partial charge in [-0.3, -0.25) is 9.69 Å². The predicted molar refractivity (Wildman–Crippen MR) is 78.2 cm³/mol. The molecule has 0 aromatic carbocycles. The maximum absolute atomic E-state index is 12.0. The van der Waals surface area contributed by atoms with E-state index in [1.165, 1.54) is 38.5 Å². The fourth-order valence-corrected chi connectivity index (χ4v) is 3.09. The Bertz CT molecular complexity index is 273. The van der Waals surface area contributed by atoms with Crippen molar-refractivity contribution in [2.45, 2.75) is 64.0 Å². The van der Waals surface area contributed by atoms with Gasteiger partial charge in [-0.1, -0.05) is 26.2 Å². The summed E-state index contributed by atoms with van der Waals surface area (Å²) in [7, 11) is 0. The van der Waals surface area contributed by atoms with E-state index in [4.69, 9.17) is 0 Å². The predicted octanol–water partition coefficient (Wildman–Crippen LogP) is 1.51. The highest BCUT2D eigenvalue weighted by molar-refractivity contribution is 5.76. The largest absolute Gasteiger partial charge is 0.353 e. The lowest BCUT2D eigenvalue weighted by Crippen LogP contribution is -2.57. The first-order valence-corrected chi connectivity index (χ1v) is 8.03. The minimum absolute atomic E-state index is 0.250. The molecule has 0 unspecified atom stereocenters. The van der Waals surface area contributed by atoms with Crippen molar-refractivity contribution >= 4 is 5.91 Å². The summed E-state index contributed by atoms with van der Waals surface area (Å²) >= 11 is 0. The van der Waals surface area contributed by atoms with Crippen LogP contribution >= 0.6 is 0 Å². The first-order chi connectivity index (χ1) is 9.29. The standard InChI is InChI=1S/C15H29N3O/c1-2-9-18(14-11-16-12-14)10-8-15(19)17-13-6-4-3-5-7-13/h13-14,16H,2-12H2,1H3,(H,17,19). The smallest absolute Gasteiger partial charge is 0.221 e. The van der Waals surface area contributed by atoms with Gasteiger partial charge in [0.05, 0.1) is 0 Å². The van der Waals surface area contributed by atoms with Crippen LogP contribution in [0.2, 0.25) is 0 Å². The first-order valence-electron chi connectivity index (χ1n) is 8.03. The lowest BCUT2D eigenvalue weighted by atomic mass is 9.95. The molecule has 1 aliphatic heterocycles. The minimum atomic E-state index is 0.250. The molecule has 4 heteroatoms. The van der Waals surface area contributed by atoms with Crippen molar-refractivity contribution in [3.63, 3.8) is 0 Å². The molecule has 0 aromatic heterocycles. The normalized spacial score (nSPS) is 21.4. The van der Waals surface area contributed by atoms with Gasteiger partial charge in [-0.25, -0.2) is 0 Å². The fraction of sp³-hybridized carbons (Fsp3) is 0.933. The maximum atomic E-state index is 12.0. The number of carbonyl (C=O) groups excluding carboxylic acids is 1. The highest BCUT2D eigenvalue weighted by Gasteiger charge is 2.24. The average Bonchev–Trinajstić information content (AvgIpc) is 2.35. The number of nitrogens with zero attached hydrogens (tertiary/aromatic N) is 1. The molecule has 2 aliphatic rings. The van der Waals surface area contributed by atoms with Gasteiger partial charge in [-0.2, -0.15) is 0 Å². The zero-order valence-electron chi connectivity index (χ0n) is 12.3. The molecule has 1 aliphatic carbocycles. The third kappa shape index (κ3) is 4.77. The van der Waals surface area contributed by atoms with Crippen LogP contribution in [0.15, 0.2) is 0 Å². The van der Waals surface area contributed by atoms with Crippen LogP contribution in [0.5, 0.6) is 0 Å². The van der Waals surface area contributed by atoms with Crippen molar-refractivity contribution in [1.29, 1.82) is 0 Å². The lowest BCUT2D eigenvalue weighted by molar-refractivity contribution is -0.122. The van der Waals surface area contributed by atoms with Crippen molar-refractivity contribution in [1.82, 2.24) is 15.5 Å². The van der Waals surface area contributed by atoms with E-state index in [-0.39, 0.29) is 5.91 Å². The molecule has 1 saturated heterocycles. The summed E-state index contributed by atoms with van der Waals surface area (Å²) in [5, 5.41) is 6.52. The summed E-state index contributed by atoms with van der Waals surface area (Å²) in [6.07, 6.45) is 8.08. The Balaban J connectivity index is 1.65. The number of nitrogens with one attached hydrogen (secondary N) is 2. The maximum Gasteiger partial charge on any atom is 0.221 e. The van der Waals surface area contributed by atoms with Gasteiger partial charge in [0.1, 0.15) is 0 Å². The van der Waals surface area contributed by atoms with Gasteiger partial charge < -0.3 is 10.6 Å². The van der Waals surface area contributed by atoms with Gasteiger partial charge in [0.2, 0.25) is 5.91 Å². The van der Waals surface area contributed by atoms with E-state index >= 15 is 0 Å². The molecule has 0 spiro atoms. The van der Waals surface area contributed by atoms with Crippen molar-refractivity contribution in [2.24, 2.45) is 0 Å². The minimum Gasteiger partial charge on any atom is -0.353 e. The van der Waals surface area contributed by atoms with Crippen LogP contribution in [0.4, 0.5) is 0 Å². The number of carbonyl (C=O) groups is 1. The summed E-state index contributed by atoms with van der Waals surface area (Å²) in [5.41, 5.74) is 0. The zero-order chi connectivity index (χ0) is 13.5. The summed E-state index contributed by atoms with van der Waals surface area (Å²) in [4.78, 5) is 14.5. The van der Waals surface area contributed by atoms with E-state index in [2.05, 4.69) is 22.5 Å².